The number of nitrogens with zero attached hydrogens (tertiary/aromatic N) is 2. The average molecular weight is 378 g/mol. The number of pyridine rings is 1. The van der Waals surface area contributed by atoms with Gasteiger partial charge in [-0.05, 0) is 23.6 Å². The van der Waals surface area contributed by atoms with Crippen molar-refractivity contribution in [3.63, 3.8) is 0 Å². The first-order chi connectivity index (χ1) is 13.6. The fourth-order valence-electron chi connectivity index (χ4n) is 4.75. The van der Waals surface area contributed by atoms with Crippen molar-refractivity contribution in [2.75, 3.05) is 19.6 Å². The number of piperidine rings is 1. The van der Waals surface area contributed by atoms with Crippen molar-refractivity contribution in [3.05, 3.63) is 66.0 Å². The van der Waals surface area contributed by atoms with E-state index in [0.29, 0.717) is 26.1 Å². The number of likely N-dealkylation sites (tertiary alicyclic amines) is 1. The number of amides is 2. The highest BCUT2D eigenvalue weighted by atomic mass is 16.2. The van der Waals surface area contributed by atoms with Crippen LogP contribution in [0.5, 0.6) is 0 Å². The van der Waals surface area contributed by atoms with E-state index in [2.05, 4.69) is 27.8 Å². The molecular weight excluding hydrogens is 352 g/mol. The molecule has 6 heteroatoms. The molecule has 28 heavy (non-hydrogen) atoms. The van der Waals surface area contributed by atoms with Crippen molar-refractivity contribution in [3.8, 4) is 0 Å². The Kier molecular flexibility index (Phi) is 5.13. The van der Waals surface area contributed by atoms with E-state index in [-0.39, 0.29) is 23.8 Å². The molecule has 2 aliphatic rings. The third-order valence-corrected chi connectivity index (χ3v) is 5.95. The first-order valence-electron chi connectivity index (χ1n) is 9.81. The summed E-state index contributed by atoms with van der Waals surface area (Å²) < 4.78 is 0. The highest BCUT2D eigenvalue weighted by Crippen LogP contribution is 2.42. The number of benzene rings is 1. The minimum absolute atomic E-state index is 0.0536. The van der Waals surface area contributed by atoms with Crippen LogP contribution in [0.1, 0.15) is 30.5 Å². The minimum Gasteiger partial charge on any atom is -0.347 e. The normalized spacial score (nSPS) is 26.5. The molecule has 6 nitrogen and oxygen atoms in total. The van der Waals surface area contributed by atoms with Crippen LogP contribution in [0.2, 0.25) is 0 Å². The molecule has 3 atom stereocenters. The number of carbonyl (C=O) groups is 2. The molecule has 2 amide bonds. The van der Waals surface area contributed by atoms with Crippen LogP contribution in [0, 0.1) is 5.92 Å². The van der Waals surface area contributed by atoms with Gasteiger partial charge in [0.25, 0.3) is 0 Å². The SMILES string of the molecule is CC(=O)N[C@]12CN[C@H](c3ccccc3)[C@H]1CCN(C(=O)Cc1cccnc1)C2. The Bertz CT molecular complexity index is 842. The van der Waals surface area contributed by atoms with Crippen molar-refractivity contribution in [1.82, 2.24) is 20.5 Å². The molecule has 0 saturated carbocycles. The Morgan fingerprint density at radius 3 is 2.79 bits per heavy atom. The molecule has 0 spiro atoms. The van der Waals surface area contributed by atoms with Crippen LogP contribution >= 0.6 is 0 Å². The van der Waals surface area contributed by atoms with Crippen LogP contribution < -0.4 is 10.6 Å². The molecule has 3 heterocycles. The lowest BCUT2D eigenvalue weighted by molar-refractivity contribution is -0.135. The van der Waals surface area contributed by atoms with Gasteiger partial charge in [0.1, 0.15) is 0 Å². The summed E-state index contributed by atoms with van der Waals surface area (Å²) in [4.78, 5) is 30.9. The van der Waals surface area contributed by atoms with Crippen molar-refractivity contribution in [1.29, 1.82) is 0 Å². The fourth-order valence-corrected chi connectivity index (χ4v) is 4.75. The lowest BCUT2D eigenvalue weighted by Gasteiger charge is -2.45. The quantitative estimate of drug-likeness (QED) is 0.849. The van der Waals surface area contributed by atoms with E-state index in [1.54, 1.807) is 19.3 Å². The molecule has 0 radical (unpaired) electrons. The predicted octanol–water partition coefficient (Wildman–Crippen LogP) is 1.69. The van der Waals surface area contributed by atoms with Crippen LogP contribution in [0.3, 0.4) is 0 Å². The molecule has 0 unspecified atom stereocenters. The number of carbonyl (C=O) groups excluding carboxylic acids is 2. The molecule has 146 valence electrons. The summed E-state index contributed by atoms with van der Waals surface area (Å²) in [6.45, 7) is 3.45. The molecule has 0 aliphatic carbocycles. The monoisotopic (exact) mass is 378 g/mol. The van der Waals surface area contributed by atoms with Crippen LogP contribution in [-0.2, 0) is 16.0 Å². The molecule has 0 bridgehead atoms. The zero-order valence-electron chi connectivity index (χ0n) is 16.1. The van der Waals surface area contributed by atoms with Gasteiger partial charge in [-0.1, -0.05) is 36.4 Å². The zero-order valence-corrected chi connectivity index (χ0v) is 16.1. The second kappa shape index (κ2) is 7.72. The van der Waals surface area contributed by atoms with E-state index in [9.17, 15) is 9.59 Å². The molecule has 2 saturated heterocycles. The van der Waals surface area contributed by atoms with Crippen molar-refractivity contribution in [2.24, 2.45) is 5.92 Å². The Labute approximate surface area is 165 Å². The Morgan fingerprint density at radius 2 is 2.07 bits per heavy atom. The first-order valence-corrected chi connectivity index (χ1v) is 9.81. The van der Waals surface area contributed by atoms with Crippen LogP contribution in [0.25, 0.3) is 0 Å². The predicted molar refractivity (Wildman–Crippen MR) is 106 cm³/mol. The average Bonchev–Trinajstić information content (AvgIpc) is 3.07. The van der Waals surface area contributed by atoms with Crippen molar-refractivity contribution in [2.45, 2.75) is 31.3 Å². The number of hydrogen-bond donors (Lipinski definition) is 2. The third kappa shape index (κ3) is 3.64. The minimum atomic E-state index is -0.435. The summed E-state index contributed by atoms with van der Waals surface area (Å²) in [6, 6.07) is 14.3. The number of fused-ring (bicyclic) bond motifs is 1. The molecule has 2 N–H and O–H groups in total. The van der Waals surface area contributed by atoms with Crippen molar-refractivity contribution >= 4 is 11.8 Å². The van der Waals surface area contributed by atoms with E-state index in [4.69, 9.17) is 0 Å². The van der Waals surface area contributed by atoms with Gasteiger partial charge < -0.3 is 15.5 Å². The van der Waals surface area contributed by atoms with Crippen LogP contribution in [0.4, 0.5) is 0 Å². The third-order valence-electron chi connectivity index (χ3n) is 5.95. The molecule has 1 aromatic heterocycles. The second-order valence-corrected chi connectivity index (χ2v) is 7.86. The van der Waals surface area contributed by atoms with Gasteiger partial charge in [0.05, 0.1) is 12.0 Å². The van der Waals surface area contributed by atoms with E-state index >= 15 is 0 Å². The summed E-state index contributed by atoms with van der Waals surface area (Å²) in [7, 11) is 0. The van der Waals surface area contributed by atoms with Gasteiger partial charge in [-0.2, -0.15) is 0 Å². The Morgan fingerprint density at radius 1 is 1.25 bits per heavy atom. The number of nitrogens with one attached hydrogen (secondary N) is 2. The van der Waals surface area contributed by atoms with Gasteiger partial charge in [-0.25, -0.2) is 0 Å². The van der Waals surface area contributed by atoms with E-state index in [0.717, 1.165) is 12.0 Å². The van der Waals surface area contributed by atoms with E-state index < -0.39 is 5.54 Å². The molecule has 2 aliphatic heterocycles. The standard InChI is InChI=1S/C22H26N4O2/c1-16(27)25-22-14-24-21(18-7-3-2-4-8-18)19(22)9-11-26(15-22)20(28)12-17-6-5-10-23-13-17/h2-8,10,13,19,21,24H,9,11-12,14-15H2,1H3,(H,25,27)/t19-,21-,22+/m1/s1. The Hall–Kier alpha value is -2.73. The lowest BCUT2D eigenvalue weighted by atomic mass is 9.75. The smallest absolute Gasteiger partial charge is 0.227 e. The first kappa shape index (κ1) is 18.6. The Balaban J connectivity index is 1.54. The second-order valence-electron chi connectivity index (χ2n) is 7.86. The molecule has 2 fully saturated rings. The van der Waals surface area contributed by atoms with Gasteiger partial charge in [-0.15, -0.1) is 0 Å². The number of rotatable bonds is 4. The van der Waals surface area contributed by atoms with E-state index in [1.807, 2.05) is 35.2 Å². The summed E-state index contributed by atoms with van der Waals surface area (Å²) in [5.74, 6) is 0.280. The van der Waals surface area contributed by atoms with Crippen LogP contribution in [-0.4, -0.2) is 46.9 Å². The van der Waals surface area contributed by atoms with Gasteiger partial charge in [0.15, 0.2) is 0 Å². The van der Waals surface area contributed by atoms with Gasteiger partial charge in [-0.3, -0.25) is 14.6 Å². The largest absolute Gasteiger partial charge is 0.347 e. The summed E-state index contributed by atoms with van der Waals surface area (Å²) >= 11 is 0. The summed E-state index contributed by atoms with van der Waals surface area (Å²) in [6.07, 6.45) is 4.63. The summed E-state index contributed by atoms with van der Waals surface area (Å²) in [5.41, 5.74) is 1.71. The molecular formula is C22H26N4O2. The highest BCUT2D eigenvalue weighted by Gasteiger charge is 2.52. The fraction of sp³-hybridized carbons (Fsp3) is 0.409. The maximum absolute atomic E-state index is 12.9. The molecule has 2 aromatic rings. The van der Waals surface area contributed by atoms with Gasteiger partial charge >= 0.3 is 0 Å². The van der Waals surface area contributed by atoms with E-state index in [1.165, 1.54) is 5.56 Å². The van der Waals surface area contributed by atoms with Gasteiger partial charge in [0, 0.05) is 50.9 Å². The summed E-state index contributed by atoms with van der Waals surface area (Å²) in [5, 5.41) is 6.81. The van der Waals surface area contributed by atoms with Gasteiger partial charge in [0.2, 0.25) is 11.8 Å². The number of hydrogen-bond acceptors (Lipinski definition) is 4. The zero-order chi connectivity index (χ0) is 19.6. The highest BCUT2D eigenvalue weighted by molar-refractivity contribution is 5.79. The maximum atomic E-state index is 12.9. The van der Waals surface area contributed by atoms with Crippen LogP contribution in [0.15, 0.2) is 54.9 Å². The molecule has 1 aromatic carbocycles. The lowest BCUT2D eigenvalue weighted by Crippen LogP contribution is -2.64. The topological polar surface area (TPSA) is 74.3 Å². The number of aromatic nitrogens is 1. The maximum Gasteiger partial charge on any atom is 0.227 e. The van der Waals surface area contributed by atoms with Crippen molar-refractivity contribution < 1.29 is 9.59 Å². The molecule has 4 rings (SSSR count).